The van der Waals surface area contributed by atoms with Gasteiger partial charge in [-0.25, -0.2) is 0 Å². The fourth-order valence-corrected chi connectivity index (χ4v) is 3.36. The summed E-state index contributed by atoms with van der Waals surface area (Å²) in [6.45, 7) is 3.27. The van der Waals surface area contributed by atoms with E-state index < -0.39 is 0 Å². The number of amides is 1. The van der Waals surface area contributed by atoms with Crippen molar-refractivity contribution in [2.75, 3.05) is 19.7 Å². The molecule has 23 heavy (non-hydrogen) atoms. The molecule has 1 fully saturated rings. The van der Waals surface area contributed by atoms with Crippen molar-refractivity contribution in [2.45, 2.75) is 43.6 Å². The van der Waals surface area contributed by atoms with Crippen LogP contribution in [0.15, 0.2) is 30.3 Å². The molecule has 1 aliphatic heterocycles. The molecule has 5 heteroatoms. The molecule has 2 rings (SSSR count). The lowest BCUT2D eigenvalue weighted by molar-refractivity contribution is -0.151. The topological polar surface area (TPSA) is 46.6 Å². The summed E-state index contributed by atoms with van der Waals surface area (Å²) in [6.07, 6.45) is 4.44. The predicted molar refractivity (Wildman–Crippen MR) is 93.2 cm³/mol. The lowest BCUT2D eigenvalue weighted by Crippen LogP contribution is -2.36. The fraction of sp³-hybridized carbons (Fsp3) is 0.556. The van der Waals surface area contributed by atoms with Crippen molar-refractivity contribution in [1.29, 1.82) is 0 Å². The van der Waals surface area contributed by atoms with E-state index in [2.05, 4.69) is 0 Å². The number of carbonyl (C=O) groups is 2. The molecule has 0 spiro atoms. The van der Waals surface area contributed by atoms with Gasteiger partial charge in [0.2, 0.25) is 0 Å². The summed E-state index contributed by atoms with van der Waals surface area (Å²) in [7, 11) is 0. The fourth-order valence-electron chi connectivity index (χ4n) is 2.53. The van der Waals surface area contributed by atoms with Crippen LogP contribution in [0.4, 0.5) is 0 Å². The first-order chi connectivity index (χ1) is 11.2. The van der Waals surface area contributed by atoms with Crippen molar-refractivity contribution in [3.63, 3.8) is 0 Å². The van der Waals surface area contributed by atoms with E-state index in [-0.39, 0.29) is 23.7 Å². The van der Waals surface area contributed by atoms with E-state index >= 15 is 0 Å². The molecule has 0 N–H and O–H groups in total. The highest BCUT2D eigenvalue weighted by Crippen LogP contribution is 2.18. The standard InChI is InChI=1S/C18H25NO3S/c1-15(23-14-16-9-5-4-6-10-16)18(21)22-13-17(20)19-11-7-2-3-8-12-19/h4-6,9-10,15H,2-3,7-8,11-14H2,1H3. The molecule has 1 heterocycles. The molecule has 1 aromatic carbocycles. The average molecular weight is 335 g/mol. The van der Waals surface area contributed by atoms with Crippen molar-refractivity contribution >= 4 is 23.6 Å². The number of esters is 1. The third-order valence-electron chi connectivity index (χ3n) is 3.97. The molecule has 1 aromatic rings. The minimum Gasteiger partial charge on any atom is -0.455 e. The van der Waals surface area contributed by atoms with Gasteiger partial charge in [0.15, 0.2) is 6.61 Å². The Morgan fingerprint density at radius 2 is 1.78 bits per heavy atom. The normalized spacial score (nSPS) is 16.5. The van der Waals surface area contributed by atoms with E-state index in [9.17, 15) is 9.59 Å². The number of hydrogen-bond acceptors (Lipinski definition) is 4. The van der Waals surface area contributed by atoms with Gasteiger partial charge in [-0.3, -0.25) is 9.59 Å². The van der Waals surface area contributed by atoms with Gasteiger partial charge in [0.25, 0.3) is 5.91 Å². The van der Waals surface area contributed by atoms with E-state index in [1.165, 1.54) is 30.2 Å². The predicted octanol–water partition coefficient (Wildman–Crippen LogP) is 3.25. The molecule has 1 atom stereocenters. The van der Waals surface area contributed by atoms with Crippen LogP contribution in [0, 0.1) is 0 Å². The maximum Gasteiger partial charge on any atom is 0.319 e. The van der Waals surface area contributed by atoms with E-state index in [1.807, 2.05) is 42.2 Å². The largest absolute Gasteiger partial charge is 0.455 e. The Balaban J connectivity index is 1.69. The van der Waals surface area contributed by atoms with Crippen molar-refractivity contribution in [3.8, 4) is 0 Å². The molecule has 0 saturated carbocycles. The Morgan fingerprint density at radius 1 is 1.13 bits per heavy atom. The second-order valence-electron chi connectivity index (χ2n) is 5.84. The number of nitrogens with zero attached hydrogens (tertiary/aromatic N) is 1. The zero-order valence-electron chi connectivity index (χ0n) is 13.7. The van der Waals surface area contributed by atoms with Gasteiger partial charge < -0.3 is 9.64 Å². The summed E-state index contributed by atoms with van der Waals surface area (Å²) in [4.78, 5) is 25.9. The molecular formula is C18H25NO3S. The Kier molecular flexibility index (Phi) is 7.46. The molecule has 1 saturated heterocycles. The van der Waals surface area contributed by atoms with Crippen LogP contribution in [0.2, 0.25) is 0 Å². The van der Waals surface area contributed by atoms with E-state index in [1.54, 1.807) is 0 Å². The number of benzene rings is 1. The van der Waals surface area contributed by atoms with Crippen LogP contribution in [0.5, 0.6) is 0 Å². The van der Waals surface area contributed by atoms with E-state index in [0.29, 0.717) is 0 Å². The summed E-state index contributed by atoms with van der Waals surface area (Å²) in [5.74, 6) is 0.381. The first-order valence-corrected chi connectivity index (χ1v) is 9.31. The van der Waals surface area contributed by atoms with Crippen molar-refractivity contribution in [2.24, 2.45) is 0 Å². The first kappa shape index (κ1) is 17.9. The third-order valence-corrected chi connectivity index (χ3v) is 5.16. The molecular weight excluding hydrogens is 310 g/mol. The Morgan fingerprint density at radius 3 is 2.43 bits per heavy atom. The highest BCUT2D eigenvalue weighted by Gasteiger charge is 2.20. The maximum absolute atomic E-state index is 12.1. The number of thioether (sulfide) groups is 1. The van der Waals surface area contributed by atoms with Crippen LogP contribution in [-0.2, 0) is 20.1 Å². The number of hydrogen-bond donors (Lipinski definition) is 0. The minimum atomic E-state index is -0.311. The number of carbonyl (C=O) groups excluding carboxylic acids is 2. The number of likely N-dealkylation sites (tertiary alicyclic amines) is 1. The zero-order chi connectivity index (χ0) is 16.5. The van der Waals surface area contributed by atoms with Gasteiger partial charge in [-0.05, 0) is 25.3 Å². The van der Waals surface area contributed by atoms with Crippen LogP contribution < -0.4 is 0 Å². The van der Waals surface area contributed by atoms with Gasteiger partial charge in [0.05, 0.1) is 5.25 Å². The van der Waals surface area contributed by atoms with Gasteiger partial charge in [0.1, 0.15) is 0 Å². The van der Waals surface area contributed by atoms with Crippen LogP contribution in [0.3, 0.4) is 0 Å². The summed E-state index contributed by atoms with van der Waals surface area (Å²) < 4.78 is 5.20. The maximum atomic E-state index is 12.1. The second kappa shape index (κ2) is 9.60. The van der Waals surface area contributed by atoms with Crippen LogP contribution in [0.1, 0.15) is 38.2 Å². The van der Waals surface area contributed by atoms with Gasteiger partial charge in [-0.2, -0.15) is 0 Å². The molecule has 0 aliphatic carbocycles. The molecule has 0 radical (unpaired) electrons. The smallest absolute Gasteiger partial charge is 0.319 e. The highest BCUT2D eigenvalue weighted by molar-refractivity contribution is 7.99. The Labute approximate surface area is 142 Å². The lowest BCUT2D eigenvalue weighted by atomic mass is 10.2. The van der Waals surface area contributed by atoms with Gasteiger partial charge in [-0.1, -0.05) is 43.2 Å². The molecule has 4 nitrogen and oxygen atoms in total. The first-order valence-electron chi connectivity index (χ1n) is 8.27. The van der Waals surface area contributed by atoms with Gasteiger partial charge in [-0.15, -0.1) is 11.8 Å². The van der Waals surface area contributed by atoms with Crippen molar-refractivity contribution < 1.29 is 14.3 Å². The van der Waals surface area contributed by atoms with Crippen LogP contribution >= 0.6 is 11.8 Å². The van der Waals surface area contributed by atoms with Gasteiger partial charge >= 0.3 is 5.97 Å². The minimum absolute atomic E-state index is 0.0690. The average Bonchev–Trinajstić information content (AvgIpc) is 2.87. The highest BCUT2D eigenvalue weighted by atomic mass is 32.2. The molecule has 1 unspecified atom stereocenters. The second-order valence-corrected chi connectivity index (χ2v) is 7.17. The quantitative estimate of drug-likeness (QED) is 0.749. The molecule has 0 aromatic heterocycles. The van der Waals surface area contributed by atoms with Crippen LogP contribution in [0.25, 0.3) is 0 Å². The van der Waals surface area contributed by atoms with Crippen molar-refractivity contribution in [3.05, 3.63) is 35.9 Å². The van der Waals surface area contributed by atoms with Gasteiger partial charge in [0, 0.05) is 18.8 Å². The van der Waals surface area contributed by atoms with E-state index in [0.717, 1.165) is 31.7 Å². The third kappa shape index (κ3) is 6.26. The number of rotatable bonds is 6. The summed E-state index contributed by atoms with van der Waals surface area (Å²) in [5, 5.41) is -0.271. The number of ether oxygens (including phenoxy) is 1. The monoisotopic (exact) mass is 335 g/mol. The molecule has 0 bridgehead atoms. The molecule has 1 amide bonds. The summed E-state index contributed by atoms with van der Waals surface area (Å²) in [6, 6.07) is 10.0. The van der Waals surface area contributed by atoms with Crippen molar-refractivity contribution in [1.82, 2.24) is 4.90 Å². The Hall–Kier alpha value is -1.49. The molecule has 126 valence electrons. The van der Waals surface area contributed by atoms with Crippen LogP contribution in [-0.4, -0.2) is 41.7 Å². The SMILES string of the molecule is CC(SCc1ccccc1)C(=O)OCC(=O)N1CCCCCC1. The summed E-state index contributed by atoms with van der Waals surface area (Å²) in [5.41, 5.74) is 1.18. The Bertz CT molecular complexity index is 498. The summed E-state index contributed by atoms with van der Waals surface area (Å²) >= 11 is 1.53. The lowest BCUT2D eigenvalue weighted by Gasteiger charge is -2.20. The zero-order valence-corrected chi connectivity index (χ0v) is 14.5. The molecule has 1 aliphatic rings. The van der Waals surface area contributed by atoms with E-state index in [4.69, 9.17) is 4.74 Å².